The number of benzene rings is 1. The molecule has 1 saturated heterocycles. The van der Waals surface area contributed by atoms with Crippen LogP contribution >= 0.6 is 0 Å². The largest absolute Gasteiger partial charge is 0.346 e. The highest BCUT2D eigenvalue weighted by Crippen LogP contribution is 2.16. The lowest BCUT2D eigenvalue weighted by Crippen LogP contribution is -2.44. The molecular weight excluding hydrogens is 340 g/mol. The molecule has 1 N–H and O–H groups in total. The van der Waals surface area contributed by atoms with E-state index in [0.717, 1.165) is 38.2 Å². The minimum absolute atomic E-state index is 0.159. The van der Waals surface area contributed by atoms with Crippen LogP contribution in [0.5, 0.6) is 0 Å². The van der Waals surface area contributed by atoms with Gasteiger partial charge in [-0.2, -0.15) is 4.98 Å². The van der Waals surface area contributed by atoms with E-state index in [4.69, 9.17) is 0 Å². The van der Waals surface area contributed by atoms with E-state index >= 15 is 0 Å². The molecule has 1 fully saturated rings. The van der Waals surface area contributed by atoms with Crippen LogP contribution in [0, 0.1) is 13.8 Å². The van der Waals surface area contributed by atoms with Crippen molar-refractivity contribution in [2.24, 2.45) is 0 Å². The zero-order valence-corrected chi connectivity index (χ0v) is 15.7. The van der Waals surface area contributed by atoms with E-state index in [1.54, 1.807) is 10.7 Å². The van der Waals surface area contributed by atoms with Gasteiger partial charge in [0, 0.05) is 37.6 Å². The number of aromatic nitrogens is 4. The van der Waals surface area contributed by atoms with Crippen LogP contribution in [0.4, 0.5) is 0 Å². The first-order valence-corrected chi connectivity index (χ1v) is 9.36. The molecule has 0 saturated carbocycles. The standard InChI is InChI=1S/C20H24N6O/c1-14-5-3-4-6-16(14)13-25-11-8-17(9-12-25)22-19(27)18-23-20-21-10-7-15(2)26(20)24-18/h3-7,10,17H,8-9,11-13H2,1-2H3,(H,22,27). The number of piperidine rings is 1. The van der Waals surface area contributed by atoms with Gasteiger partial charge in [-0.05, 0) is 43.9 Å². The summed E-state index contributed by atoms with van der Waals surface area (Å²) >= 11 is 0. The lowest BCUT2D eigenvalue weighted by molar-refractivity contribution is 0.0898. The number of fused-ring (bicyclic) bond motifs is 1. The number of amides is 1. The summed E-state index contributed by atoms with van der Waals surface area (Å²) in [6, 6.07) is 10.5. The summed E-state index contributed by atoms with van der Waals surface area (Å²) in [4.78, 5) is 23.4. The van der Waals surface area contributed by atoms with Crippen molar-refractivity contribution in [1.29, 1.82) is 0 Å². The van der Waals surface area contributed by atoms with Gasteiger partial charge in [-0.25, -0.2) is 9.50 Å². The summed E-state index contributed by atoms with van der Waals surface area (Å²) in [5, 5.41) is 7.36. The Morgan fingerprint density at radius 1 is 1.19 bits per heavy atom. The summed E-state index contributed by atoms with van der Waals surface area (Å²) in [7, 11) is 0. The third-order valence-corrected chi connectivity index (χ3v) is 5.21. The van der Waals surface area contributed by atoms with Crippen LogP contribution in [-0.4, -0.2) is 49.5 Å². The van der Waals surface area contributed by atoms with Crippen LogP contribution in [-0.2, 0) is 6.54 Å². The van der Waals surface area contributed by atoms with Crippen molar-refractivity contribution in [2.45, 2.75) is 39.3 Å². The number of nitrogens with one attached hydrogen (secondary N) is 1. The van der Waals surface area contributed by atoms with Crippen molar-refractivity contribution < 1.29 is 4.79 Å². The van der Waals surface area contributed by atoms with Gasteiger partial charge in [-0.15, -0.1) is 5.10 Å². The minimum Gasteiger partial charge on any atom is -0.346 e. The minimum atomic E-state index is -0.225. The van der Waals surface area contributed by atoms with Crippen molar-refractivity contribution in [3.05, 3.63) is 59.2 Å². The molecule has 140 valence electrons. The van der Waals surface area contributed by atoms with E-state index in [1.807, 2.05) is 13.0 Å². The number of hydrogen-bond donors (Lipinski definition) is 1. The topological polar surface area (TPSA) is 75.4 Å². The van der Waals surface area contributed by atoms with E-state index in [2.05, 4.69) is 56.5 Å². The van der Waals surface area contributed by atoms with E-state index in [9.17, 15) is 4.79 Å². The maximum atomic E-state index is 12.5. The van der Waals surface area contributed by atoms with E-state index in [-0.39, 0.29) is 17.8 Å². The molecule has 2 aromatic heterocycles. The fraction of sp³-hybridized carbons (Fsp3) is 0.400. The maximum Gasteiger partial charge on any atom is 0.291 e. The third-order valence-electron chi connectivity index (χ3n) is 5.21. The van der Waals surface area contributed by atoms with Crippen molar-refractivity contribution >= 4 is 11.7 Å². The Labute approximate surface area is 158 Å². The van der Waals surface area contributed by atoms with Crippen LogP contribution in [0.2, 0.25) is 0 Å². The smallest absolute Gasteiger partial charge is 0.291 e. The highest BCUT2D eigenvalue weighted by Gasteiger charge is 2.23. The number of hydrogen-bond acceptors (Lipinski definition) is 5. The SMILES string of the molecule is Cc1ccccc1CN1CCC(NC(=O)c2nc3nccc(C)n3n2)CC1. The second-order valence-electron chi connectivity index (χ2n) is 7.18. The van der Waals surface area contributed by atoms with E-state index in [0.29, 0.717) is 5.78 Å². The molecule has 0 radical (unpaired) electrons. The molecule has 1 aliphatic rings. The fourth-order valence-corrected chi connectivity index (χ4v) is 3.52. The first kappa shape index (κ1) is 17.6. The zero-order chi connectivity index (χ0) is 18.8. The monoisotopic (exact) mass is 364 g/mol. The van der Waals surface area contributed by atoms with Gasteiger partial charge in [0.05, 0.1) is 0 Å². The summed E-state index contributed by atoms with van der Waals surface area (Å²) in [6.45, 7) is 6.97. The van der Waals surface area contributed by atoms with Crippen LogP contribution in [0.25, 0.3) is 5.78 Å². The van der Waals surface area contributed by atoms with Gasteiger partial charge in [-0.3, -0.25) is 9.69 Å². The molecule has 1 aliphatic heterocycles. The third kappa shape index (κ3) is 3.83. The second-order valence-corrected chi connectivity index (χ2v) is 7.18. The number of likely N-dealkylation sites (tertiary alicyclic amines) is 1. The number of rotatable bonds is 4. The number of carbonyl (C=O) groups excluding carboxylic acids is 1. The molecule has 1 amide bonds. The molecule has 0 atom stereocenters. The normalized spacial score (nSPS) is 15.9. The molecule has 0 bridgehead atoms. The van der Waals surface area contributed by atoms with Crippen LogP contribution in [0.1, 0.15) is 40.3 Å². The summed E-state index contributed by atoms with van der Waals surface area (Å²) in [6.07, 6.45) is 3.54. The summed E-state index contributed by atoms with van der Waals surface area (Å²) in [5.41, 5.74) is 3.60. The van der Waals surface area contributed by atoms with Crippen molar-refractivity contribution in [1.82, 2.24) is 29.8 Å². The quantitative estimate of drug-likeness (QED) is 0.768. The van der Waals surface area contributed by atoms with Crippen LogP contribution < -0.4 is 5.32 Å². The average molecular weight is 364 g/mol. The lowest BCUT2D eigenvalue weighted by Gasteiger charge is -2.32. The molecule has 1 aromatic carbocycles. The maximum absolute atomic E-state index is 12.5. The Morgan fingerprint density at radius 3 is 2.70 bits per heavy atom. The molecule has 0 aliphatic carbocycles. The van der Waals surface area contributed by atoms with Gasteiger partial charge in [0.1, 0.15) is 0 Å². The molecular formula is C20H24N6O. The molecule has 0 unspecified atom stereocenters. The van der Waals surface area contributed by atoms with Crippen molar-refractivity contribution in [3.8, 4) is 0 Å². The Kier molecular flexibility index (Phi) is 4.85. The Bertz CT molecular complexity index is 958. The Morgan fingerprint density at radius 2 is 1.96 bits per heavy atom. The highest BCUT2D eigenvalue weighted by atomic mass is 16.2. The summed E-state index contributed by atoms with van der Waals surface area (Å²) < 4.78 is 1.60. The lowest BCUT2D eigenvalue weighted by atomic mass is 10.0. The van der Waals surface area contributed by atoms with Gasteiger partial charge in [0.2, 0.25) is 5.82 Å². The predicted molar refractivity (Wildman–Crippen MR) is 102 cm³/mol. The van der Waals surface area contributed by atoms with Gasteiger partial charge >= 0.3 is 0 Å². The van der Waals surface area contributed by atoms with Crippen LogP contribution in [0.3, 0.4) is 0 Å². The van der Waals surface area contributed by atoms with Gasteiger partial charge < -0.3 is 5.32 Å². The average Bonchev–Trinajstić information content (AvgIpc) is 3.11. The number of carbonyl (C=O) groups is 1. The second kappa shape index (κ2) is 7.44. The molecule has 27 heavy (non-hydrogen) atoms. The zero-order valence-electron chi connectivity index (χ0n) is 15.7. The highest BCUT2D eigenvalue weighted by molar-refractivity contribution is 5.91. The van der Waals surface area contributed by atoms with E-state index in [1.165, 1.54) is 11.1 Å². The molecule has 4 rings (SSSR count). The van der Waals surface area contributed by atoms with E-state index < -0.39 is 0 Å². The Balaban J connectivity index is 1.34. The molecule has 7 heteroatoms. The molecule has 0 spiro atoms. The number of aryl methyl sites for hydroxylation is 2. The fourth-order valence-electron chi connectivity index (χ4n) is 3.52. The number of nitrogens with zero attached hydrogens (tertiary/aromatic N) is 5. The molecule has 3 aromatic rings. The summed E-state index contributed by atoms with van der Waals surface area (Å²) in [5.74, 6) is 0.407. The Hall–Kier alpha value is -2.80. The first-order valence-electron chi connectivity index (χ1n) is 9.36. The van der Waals surface area contributed by atoms with Gasteiger partial charge in [0.25, 0.3) is 11.7 Å². The molecule has 7 nitrogen and oxygen atoms in total. The van der Waals surface area contributed by atoms with Gasteiger partial charge in [0.15, 0.2) is 0 Å². The first-order chi connectivity index (χ1) is 13.1. The van der Waals surface area contributed by atoms with Crippen LogP contribution in [0.15, 0.2) is 36.5 Å². The predicted octanol–water partition coefficient (Wildman–Crippen LogP) is 2.14. The van der Waals surface area contributed by atoms with Crippen molar-refractivity contribution in [2.75, 3.05) is 13.1 Å². The van der Waals surface area contributed by atoms with Crippen molar-refractivity contribution in [3.63, 3.8) is 0 Å². The molecule has 3 heterocycles. The van der Waals surface area contributed by atoms with Gasteiger partial charge in [-0.1, -0.05) is 24.3 Å².